The van der Waals surface area contributed by atoms with E-state index >= 15 is 0 Å². The molecule has 0 radical (unpaired) electrons. The Balaban J connectivity index is 2.28. The Bertz CT molecular complexity index is 524. The van der Waals surface area contributed by atoms with Gasteiger partial charge in [0.2, 0.25) is 5.91 Å². The van der Waals surface area contributed by atoms with E-state index in [4.69, 9.17) is 10.5 Å². The van der Waals surface area contributed by atoms with Gasteiger partial charge in [-0.2, -0.15) is 0 Å². The van der Waals surface area contributed by atoms with Gasteiger partial charge in [0.15, 0.2) is 0 Å². The smallest absolute Gasteiger partial charge is 0.257 e. The van der Waals surface area contributed by atoms with Crippen molar-refractivity contribution >= 4 is 27.7 Å². The van der Waals surface area contributed by atoms with Crippen LogP contribution in [0.3, 0.4) is 0 Å². The lowest BCUT2D eigenvalue weighted by atomic mass is 10.1. The molecule has 19 heavy (non-hydrogen) atoms. The molecular formula is C12H12BrFN2O3. The maximum absolute atomic E-state index is 13.8. The van der Waals surface area contributed by atoms with E-state index in [0.717, 1.165) is 0 Å². The third kappa shape index (κ3) is 2.93. The van der Waals surface area contributed by atoms with Crippen LogP contribution in [-0.2, 0) is 9.53 Å². The summed E-state index contributed by atoms with van der Waals surface area (Å²) in [6, 6.07) is 3.28. The second kappa shape index (κ2) is 5.66. The maximum Gasteiger partial charge on any atom is 0.257 e. The van der Waals surface area contributed by atoms with Gasteiger partial charge < -0.3 is 15.4 Å². The van der Waals surface area contributed by atoms with Crippen LogP contribution in [0.1, 0.15) is 10.4 Å². The molecule has 1 aromatic carbocycles. The first kappa shape index (κ1) is 14.0. The van der Waals surface area contributed by atoms with E-state index in [9.17, 15) is 14.0 Å². The van der Waals surface area contributed by atoms with Crippen LogP contribution >= 0.6 is 15.9 Å². The van der Waals surface area contributed by atoms with Crippen molar-refractivity contribution in [2.75, 3.05) is 19.8 Å². The van der Waals surface area contributed by atoms with Crippen LogP contribution < -0.4 is 5.73 Å². The Hall–Kier alpha value is -1.47. The Labute approximate surface area is 117 Å². The molecule has 1 aromatic rings. The van der Waals surface area contributed by atoms with Gasteiger partial charge in [-0.25, -0.2) is 4.39 Å². The van der Waals surface area contributed by atoms with Crippen LogP contribution in [0.25, 0.3) is 0 Å². The molecule has 2 amide bonds. The van der Waals surface area contributed by atoms with Gasteiger partial charge in [0.1, 0.15) is 11.9 Å². The average molecular weight is 331 g/mol. The topological polar surface area (TPSA) is 72.6 Å². The molecule has 2 N–H and O–H groups in total. The quantitative estimate of drug-likeness (QED) is 0.876. The number of carbonyl (C=O) groups excluding carboxylic acids is 2. The molecular weight excluding hydrogens is 319 g/mol. The average Bonchev–Trinajstić information content (AvgIpc) is 2.38. The van der Waals surface area contributed by atoms with Crippen LogP contribution in [0, 0.1) is 5.82 Å². The number of nitrogens with two attached hydrogens (primary N) is 1. The number of nitrogens with zero attached hydrogens (tertiary/aromatic N) is 1. The second-order valence-electron chi connectivity index (χ2n) is 4.12. The minimum absolute atomic E-state index is 0.0409. The van der Waals surface area contributed by atoms with Crippen LogP contribution in [0.4, 0.5) is 4.39 Å². The summed E-state index contributed by atoms with van der Waals surface area (Å²) in [4.78, 5) is 24.8. The first-order valence-electron chi connectivity index (χ1n) is 5.64. The number of rotatable bonds is 2. The van der Waals surface area contributed by atoms with Crippen LogP contribution in [0.2, 0.25) is 0 Å². The summed E-state index contributed by atoms with van der Waals surface area (Å²) in [6.45, 7) is 0.550. The maximum atomic E-state index is 13.8. The number of benzene rings is 1. The van der Waals surface area contributed by atoms with E-state index in [0.29, 0.717) is 11.1 Å². The molecule has 1 aliphatic rings. The molecule has 5 nitrogen and oxygen atoms in total. The lowest BCUT2D eigenvalue weighted by Gasteiger charge is -2.33. The molecule has 1 unspecified atom stereocenters. The zero-order chi connectivity index (χ0) is 14.0. The van der Waals surface area contributed by atoms with Gasteiger partial charge in [0, 0.05) is 11.0 Å². The predicted molar refractivity (Wildman–Crippen MR) is 68.9 cm³/mol. The molecule has 0 spiro atoms. The first-order chi connectivity index (χ1) is 9.00. The standard InChI is InChI=1S/C12H12BrFN2O3/c13-7-1-2-8(9(14)5-7)12(18)16-3-4-19-6-10(16)11(15)17/h1-2,5,10H,3-4,6H2,(H2,15,17). The minimum atomic E-state index is -0.857. The van der Waals surface area contributed by atoms with Crippen molar-refractivity contribution in [3.63, 3.8) is 0 Å². The molecule has 7 heteroatoms. The Morgan fingerprint density at radius 2 is 2.21 bits per heavy atom. The Kier molecular flexibility index (Phi) is 4.16. The van der Waals surface area contributed by atoms with E-state index in [1.807, 2.05) is 0 Å². The summed E-state index contributed by atoms with van der Waals surface area (Å²) in [7, 11) is 0. The third-order valence-electron chi connectivity index (χ3n) is 2.88. The normalized spacial score (nSPS) is 19.3. The van der Waals surface area contributed by atoms with Crippen molar-refractivity contribution in [1.82, 2.24) is 4.90 Å². The van der Waals surface area contributed by atoms with Gasteiger partial charge in [0.25, 0.3) is 5.91 Å². The summed E-state index contributed by atoms with van der Waals surface area (Å²) in [5.41, 5.74) is 5.13. The van der Waals surface area contributed by atoms with Crippen molar-refractivity contribution in [2.45, 2.75) is 6.04 Å². The Morgan fingerprint density at radius 3 is 2.84 bits per heavy atom. The fourth-order valence-corrected chi connectivity index (χ4v) is 2.23. The molecule has 1 aliphatic heterocycles. The molecule has 0 saturated carbocycles. The van der Waals surface area contributed by atoms with Crippen molar-refractivity contribution in [3.8, 4) is 0 Å². The van der Waals surface area contributed by atoms with Crippen LogP contribution in [-0.4, -0.2) is 42.5 Å². The highest BCUT2D eigenvalue weighted by Crippen LogP contribution is 2.19. The lowest BCUT2D eigenvalue weighted by Crippen LogP contribution is -2.54. The fourth-order valence-electron chi connectivity index (χ4n) is 1.90. The fraction of sp³-hybridized carbons (Fsp3) is 0.333. The molecule has 1 fully saturated rings. The molecule has 102 valence electrons. The van der Waals surface area contributed by atoms with E-state index < -0.39 is 23.7 Å². The number of carbonyl (C=O) groups is 2. The number of hydrogen-bond acceptors (Lipinski definition) is 3. The van der Waals surface area contributed by atoms with Gasteiger partial charge in [-0.3, -0.25) is 9.59 Å². The van der Waals surface area contributed by atoms with E-state index in [-0.39, 0.29) is 18.7 Å². The van der Waals surface area contributed by atoms with Gasteiger partial charge >= 0.3 is 0 Å². The minimum Gasteiger partial charge on any atom is -0.377 e. The number of hydrogen-bond donors (Lipinski definition) is 1. The predicted octanol–water partition coefficient (Wildman–Crippen LogP) is 0.915. The monoisotopic (exact) mass is 330 g/mol. The van der Waals surface area contributed by atoms with Gasteiger partial charge in [-0.15, -0.1) is 0 Å². The number of amides is 2. The molecule has 0 aromatic heterocycles. The number of morpholine rings is 1. The summed E-state index contributed by atoms with van der Waals surface area (Å²) < 4.78 is 19.4. The van der Waals surface area contributed by atoms with Crippen molar-refractivity contribution in [2.24, 2.45) is 5.73 Å². The van der Waals surface area contributed by atoms with Crippen molar-refractivity contribution in [3.05, 3.63) is 34.1 Å². The zero-order valence-electron chi connectivity index (χ0n) is 9.94. The molecule has 0 aliphatic carbocycles. The van der Waals surface area contributed by atoms with E-state index in [2.05, 4.69) is 15.9 Å². The van der Waals surface area contributed by atoms with E-state index in [1.54, 1.807) is 6.07 Å². The SMILES string of the molecule is NC(=O)C1COCCN1C(=O)c1ccc(Br)cc1F. The highest BCUT2D eigenvalue weighted by atomic mass is 79.9. The third-order valence-corrected chi connectivity index (χ3v) is 3.37. The van der Waals surface area contributed by atoms with Gasteiger partial charge in [-0.1, -0.05) is 15.9 Å². The highest BCUT2D eigenvalue weighted by Gasteiger charge is 2.32. The first-order valence-corrected chi connectivity index (χ1v) is 6.43. The summed E-state index contributed by atoms with van der Waals surface area (Å²) in [5, 5.41) is 0. The van der Waals surface area contributed by atoms with Crippen molar-refractivity contribution < 1.29 is 18.7 Å². The highest BCUT2D eigenvalue weighted by molar-refractivity contribution is 9.10. The molecule has 1 atom stereocenters. The molecule has 2 rings (SSSR count). The van der Waals surface area contributed by atoms with Gasteiger partial charge in [-0.05, 0) is 18.2 Å². The van der Waals surface area contributed by atoms with Crippen LogP contribution in [0.15, 0.2) is 22.7 Å². The lowest BCUT2D eigenvalue weighted by molar-refractivity contribution is -0.127. The van der Waals surface area contributed by atoms with Crippen molar-refractivity contribution in [1.29, 1.82) is 0 Å². The molecule has 1 heterocycles. The Morgan fingerprint density at radius 1 is 1.47 bits per heavy atom. The number of primary amides is 1. The summed E-state index contributed by atoms with van der Waals surface area (Å²) >= 11 is 3.12. The van der Waals surface area contributed by atoms with Gasteiger partial charge in [0.05, 0.1) is 18.8 Å². The summed E-state index contributed by atoms with van der Waals surface area (Å²) in [6.07, 6.45) is 0. The largest absolute Gasteiger partial charge is 0.377 e. The summed E-state index contributed by atoms with van der Waals surface area (Å²) in [5.74, 6) is -1.86. The zero-order valence-corrected chi connectivity index (χ0v) is 11.5. The van der Waals surface area contributed by atoms with Crippen LogP contribution in [0.5, 0.6) is 0 Å². The number of ether oxygens (including phenoxy) is 1. The number of halogens is 2. The molecule has 1 saturated heterocycles. The molecule has 0 bridgehead atoms. The van der Waals surface area contributed by atoms with E-state index in [1.165, 1.54) is 17.0 Å². The second-order valence-corrected chi connectivity index (χ2v) is 5.03.